The van der Waals surface area contributed by atoms with Crippen molar-refractivity contribution in [3.63, 3.8) is 0 Å². The fraction of sp³-hybridized carbons (Fsp3) is 0.125. The van der Waals surface area contributed by atoms with E-state index in [0.29, 0.717) is 11.1 Å². The first kappa shape index (κ1) is 11.6. The molecular weight excluding hydrogens is 211 g/mol. The quantitative estimate of drug-likeness (QED) is 0.687. The molecule has 0 amide bonds. The van der Waals surface area contributed by atoms with E-state index in [1.165, 1.54) is 0 Å². The van der Waals surface area contributed by atoms with E-state index in [9.17, 15) is 4.39 Å². The van der Waals surface area contributed by atoms with Gasteiger partial charge in [-0.1, -0.05) is 36.9 Å². The van der Waals surface area contributed by atoms with Gasteiger partial charge < -0.3 is 0 Å². The molecule has 2 rings (SSSR count). The van der Waals surface area contributed by atoms with Crippen molar-refractivity contribution in [2.24, 2.45) is 0 Å². The third-order valence-corrected chi connectivity index (χ3v) is 2.82. The molecule has 0 aromatic heterocycles. The summed E-state index contributed by atoms with van der Waals surface area (Å²) >= 11 is 0. The Morgan fingerprint density at radius 2 is 1.71 bits per heavy atom. The number of hydrogen-bond donors (Lipinski definition) is 0. The molecule has 0 saturated carbocycles. The maximum absolute atomic E-state index is 13.9. The van der Waals surface area contributed by atoms with Gasteiger partial charge in [0.2, 0.25) is 0 Å². The van der Waals surface area contributed by atoms with E-state index in [0.717, 1.165) is 16.7 Å². The van der Waals surface area contributed by atoms with Crippen molar-refractivity contribution < 1.29 is 4.39 Å². The third kappa shape index (κ3) is 2.28. The maximum atomic E-state index is 13.9. The monoisotopic (exact) mass is 226 g/mol. The molecule has 1 heteroatoms. The summed E-state index contributed by atoms with van der Waals surface area (Å²) in [6.45, 7) is 7.43. The lowest BCUT2D eigenvalue weighted by Gasteiger charge is -2.09. The average Bonchev–Trinajstić information content (AvgIpc) is 2.33. The molecule has 0 atom stereocenters. The second-order valence-electron chi connectivity index (χ2n) is 4.30. The Morgan fingerprint density at radius 1 is 1.06 bits per heavy atom. The smallest absolute Gasteiger partial charge is 0.133 e. The Bertz CT molecular complexity index is 553. The van der Waals surface area contributed by atoms with Crippen LogP contribution in [-0.4, -0.2) is 0 Å². The topological polar surface area (TPSA) is 0 Å². The van der Waals surface area contributed by atoms with Crippen LogP contribution in [0.15, 0.2) is 49.0 Å². The maximum Gasteiger partial charge on any atom is 0.133 e. The van der Waals surface area contributed by atoms with Gasteiger partial charge in [0.05, 0.1) is 0 Å². The van der Waals surface area contributed by atoms with Crippen LogP contribution >= 0.6 is 0 Å². The number of halogens is 1. The Hall–Kier alpha value is -1.89. The van der Waals surface area contributed by atoms with Crippen LogP contribution in [-0.2, 0) is 0 Å². The molecule has 0 unspecified atom stereocenters. The van der Waals surface area contributed by atoms with Gasteiger partial charge in [-0.3, -0.25) is 0 Å². The molecule has 0 heterocycles. The molecule has 0 bridgehead atoms. The largest absolute Gasteiger partial charge is 0.206 e. The van der Waals surface area contributed by atoms with E-state index in [4.69, 9.17) is 0 Å². The van der Waals surface area contributed by atoms with Gasteiger partial charge in [0.1, 0.15) is 5.82 Å². The van der Waals surface area contributed by atoms with Crippen LogP contribution in [0.1, 0.15) is 18.1 Å². The van der Waals surface area contributed by atoms with Gasteiger partial charge in [0.15, 0.2) is 0 Å². The minimum Gasteiger partial charge on any atom is -0.206 e. The van der Waals surface area contributed by atoms with Crippen molar-refractivity contribution in [1.29, 1.82) is 0 Å². The highest BCUT2D eigenvalue weighted by atomic mass is 19.1. The minimum atomic E-state index is -0.169. The second kappa shape index (κ2) is 4.54. The van der Waals surface area contributed by atoms with Crippen LogP contribution in [0.2, 0.25) is 0 Å². The molecule has 17 heavy (non-hydrogen) atoms. The first-order valence-electron chi connectivity index (χ1n) is 5.61. The number of rotatable bonds is 2. The molecule has 86 valence electrons. The van der Waals surface area contributed by atoms with Crippen molar-refractivity contribution >= 4 is 5.57 Å². The number of allylic oxidation sites excluding steroid dienone is 1. The van der Waals surface area contributed by atoms with Crippen LogP contribution in [0.3, 0.4) is 0 Å². The summed E-state index contributed by atoms with van der Waals surface area (Å²) in [6, 6.07) is 13.7. The molecule has 0 spiro atoms. The van der Waals surface area contributed by atoms with E-state index >= 15 is 0 Å². The van der Waals surface area contributed by atoms with Gasteiger partial charge >= 0.3 is 0 Å². The van der Waals surface area contributed by atoms with Crippen LogP contribution < -0.4 is 0 Å². The van der Waals surface area contributed by atoms with Crippen LogP contribution in [0.25, 0.3) is 16.7 Å². The van der Waals surface area contributed by atoms with Crippen molar-refractivity contribution in [3.05, 3.63) is 66.0 Å². The lowest BCUT2D eigenvalue weighted by atomic mass is 9.97. The number of aryl methyl sites for hydroxylation is 1. The highest BCUT2D eigenvalue weighted by Crippen LogP contribution is 2.27. The standard InChI is InChI=1S/C16H15F/c1-11(2)15-10-14(9-12(3)16(15)17)13-7-5-4-6-8-13/h4-10H,1H2,2-3H3. The van der Waals surface area contributed by atoms with Crippen molar-refractivity contribution in [2.45, 2.75) is 13.8 Å². The van der Waals surface area contributed by atoms with Crippen LogP contribution in [0, 0.1) is 12.7 Å². The molecule has 0 saturated heterocycles. The molecule has 2 aromatic carbocycles. The average molecular weight is 226 g/mol. The van der Waals surface area contributed by atoms with Gasteiger partial charge in [0, 0.05) is 5.56 Å². The van der Waals surface area contributed by atoms with E-state index in [2.05, 4.69) is 6.58 Å². The lowest BCUT2D eigenvalue weighted by Crippen LogP contribution is -1.92. The van der Waals surface area contributed by atoms with Gasteiger partial charge in [-0.25, -0.2) is 4.39 Å². The summed E-state index contributed by atoms with van der Waals surface area (Å²) in [6.07, 6.45) is 0. The molecule has 0 aliphatic heterocycles. The zero-order valence-electron chi connectivity index (χ0n) is 10.1. The molecule has 0 N–H and O–H groups in total. The Labute approximate surface area is 101 Å². The predicted molar refractivity (Wildman–Crippen MR) is 71.3 cm³/mol. The highest BCUT2D eigenvalue weighted by Gasteiger charge is 2.09. The van der Waals surface area contributed by atoms with Crippen molar-refractivity contribution in [3.8, 4) is 11.1 Å². The third-order valence-electron chi connectivity index (χ3n) is 2.82. The Kier molecular flexibility index (Phi) is 3.10. The zero-order valence-corrected chi connectivity index (χ0v) is 10.1. The van der Waals surface area contributed by atoms with Crippen molar-refractivity contribution in [1.82, 2.24) is 0 Å². The molecule has 0 radical (unpaired) electrons. The van der Waals surface area contributed by atoms with Gasteiger partial charge in [-0.2, -0.15) is 0 Å². The van der Waals surface area contributed by atoms with Crippen LogP contribution in [0.5, 0.6) is 0 Å². The first-order valence-corrected chi connectivity index (χ1v) is 5.61. The number of hydrogen-bond acceptors (Lipinski definition) is 0. The molecule has 0 aliphatic rings. The van der Waals surface area contributed by atoms with Gasteiger partial charge in [-0.15, -0.1) is 0 Å². The fourth-order valence-electron chi connectivity index (χ4n) is 1.88. The fourth-order valence-corrected chi connectivity index (χ4v) is 1.88. The summed E-state index contributed by atoms with van der Waals surface area (Å²) in [4.78, 5) is 0. The predicted octanol–water partition coefficient (Wildman–Crippen LogP) is 4.83. The van der Waals surface area contributed by atoms with E-state index in [-0.39, 0.29) is 5.82 Å². The van der Waals surface area contributed by atoms with Crippen molar-refractivity contribution in [2.75, 3.05) is 0 Å². The minimum absolute atomic E-state index is 0.169. The van der Waals surface area contributed by atoms with E-state index in [1.807, 2.05) is 49.4 Å². The summed E-state index contributed by atoms with van der Waals surface area (Å²) in [5, 5.41) is 0. The van der Waals surface area contributed by atoms with Gasteiger partial charge in [0.25, 0.3) is 0 Å². The van der Waals surface area contributed by atoms with E-state index < -0.39 is 0 Å². The first-order chi connectivity index (χ1) is 8.09. The highest BCUT2D eigenvalue weighted by molar-refractivity contribution is 5.72. The zero-order chi connectivity index (χ0) is 12.4. The van der Waals surface area contributed by atoms with Gasteiger partial charge in [-0.05, 0) is 48.2 Å². The molecule has 0 aliphatic carbocycles. The van der Waals surface area contributed by atoms with E-state index in [1.54, 1.807) is 6.92 Å². The molecule has 2 aromatic rings. The number of benzene rings is 2. The summed E-state index contributed by atoms with van der Waals surface area (Å²) in [7, 11) is 0. The second-order valence-corrected chi connectivity index (χ2v) is 4.30. The lowest BCUT2D eigenvalue weighted by molar-refractivity contribution is 0.615. The molecule has 0 nitrogen and oxygen atoms in total. The molecule has 0 fully saturated rings. The Balaban J connectivity index is 2.61. The summed E-state index contributed by atoms with van der Waals surface area (Å²) in [5.41, 5.74) is 4.14. The normalized spacial score (nSPS) is 10.3. The summed E-state index contributed by atoms with van der Waals surface area (Å²) in [5.74, 6) is -0.169. The summed E-state index contributed by atoms with van der Waals surface area (Å²) < 4.78 is 13.9. The molecular formula is C16H15F. The SMILES string of the molecule is C=C(C)c1cc(-c2ccccc2)cc(C)c1F. The Morgan fingerprint density at radius 3 is 2.29 bits per heavy atom. The van der Waals surface area contributed by atoms with Crippen LogP contribution in [0.4, 0.5) is 4.39 Å².